The SMILES string of the molecule is CCOC(=O)NC(=O)CN(CC)C(=O)c1ccc(/C=C2\NC(=S)N(c3ccc(C)cc3)C2=O)cc1. The number of hydrogen-bond donors (Lipinski definition) is 2. The van der Waals surface area contributed by atoms with Gasteiger partial charge in [0.15, 0.2) is 5.11 Å². The van der Waals surface area contributed by atoms with Crippen LogP contribution in [-0.4, -0.2) is 53.5 Å². The van der Waals surface area contributed by atoms with E-state index in [1.807, 2.05) is 31.2 Å². The van der Waals surface area contributed by atoms with Gasteiger partial charge in [-0.1, -0.05) is 29.8 Å². The lowest BCUT2D eigenvalue weighted by Gasteiger charge is -2.20. The fourth-order valence-corrected chi connectivity index (χ4v) is 3.65. The van der Waals surface area contributed by atoms with Gasteiger partial charge in [0.2, 0.25) is 5.91 Å². The molecule has 182 valence electrons. The van der Waals surface area contributed by atoms with Crippen molar-refractivity contribution in [2.45, 2.75) is 20.8 Å². The van der Waals surface area contributed by atoms with Crippen LogP contribution in [0.3, 0.4) is 0 Å². The number of carbonyl (C=O) groups excluding carboxylic acids is 4. The van der Waals surface area contributed by atoms with Gasteiger partial charge in [-0.15, -0.1) is 0 Å². The molecule has 0 radical (unpaired) electrons. The molecule has 0 aliphatic carbocycles. The number of alkyl carbamates (subject to hydrolysis) is 1. The lowest BCUT2D eigenvalue weighted by molar-refractivity contribution is -0.121. The highest BCUT2D eigenvalue weighted by atomic mass is 32.1. The molecule has 10 heteroatoms. The summed E-state index contributed by atoms with van der Waals surface area (Å²) in [5, 5.41) is 5.30. The molecule has 2 N–H and O–H groups in total. The first-order chi connectivity index (χ1) is 16.7. The van der Waals surface area contributed by atoms with E-state index in [-0.39, 0.29) is 36.6 Å². The molecule has 0 spiro atoms. The molecule has 1 aliphatic rings. The molecule has 1 aliphatic heterocycles. The van der Waals surface area contributed by atoms with Gasteiger partial charge < -0.3 is 15.0 Å². The summed E-state index contributed by atoms with van der Waals surface area (Å²) in [6.07, 6.45) is 0.801. The maximum atomic E-state index is 12.9. The Morgan fingerprint density at radius 1 is 1.09 bits per heavy atom. The van der Waals surface area contributed by atoms with Crippen molar-refractivity contribution in [3.63, 3.8) is 0 Å². The number of nitrogens with one attached hydrogen (secondary N) is 2. The zero-order valence-electron chi connectivity index (χ0n) is 19.7. The third kappa shape index (κ3) is 6.30. The zero-order chi connectivity index (χ0) is 25.5. The molecule has 1 heterocycles. The Bertz CT molecular complexity index is 1180. The van der Waals surface area contributed by atoms with E-state index < -0.39 is 12.0 Å². The Morgan fingerprint density at radius 2 is 1.74 bits per heavy atom. The molecule has 2 aromatic carbocycles. The first-order valence-corrected chi connectivity index (χ1v) is 11.4. The fraction of sp³-hybridized carbons (Fsp3) is 0.240. The summed E-state index contributed by atoms with van der Waals surface area (Å²) in [6, 6.07) is 14.1. The number of likely N-dealkylation sites (N-methyl/N-ethyl adjacent to an activating group) is 1. The number of thiocarbonyl (C=S) groups is 1. The molecule has 0 saturated carbocycles. The highest BCUT2D eigenvalue weighted by molar-refractivity contribution is 7.80. The van der Waals surface area contributed by atoms with Crippen LogP contribution in [0.15, 0.2) is 54.2 Å². The van der Waals surface area contributed by atoms with Crippen molar-refractivity contribution in [3.8, 4) is 0 Å². The fourth-order valence-electron chi connectivity index (χ4n) is 3.36. The third-order valence-corrected chi connectivity index (χ3v) is 5.44. The van der Waals surface area contributed by atoms with Crippen molar-refractivity contribution in [2.75, 3.05) is 24.6 Å². The molecule has 0 unspecified atom stereocenters. The van der Waals surface area contributed by atoms with Gasteiger partial charge in [0.05, 0.1) is 12.3 Å². The third-order valence-electron chi connectivity index (χ3n) is 5.16. The van der Waals surface area contributed by atoms with E-state index in [1.54, 1.807) is 44.2 Å². The molecule has 0 bridgehead atoms. The molecule has 3 rings (SSSR count). The molecule has 1 saturated heterocycles. The van der Waals surface area contributed by atoms with Crippen LogP contribution in [0.4, 0.5) is 10.5 Å². The van der Waals surface area contributed by atoms with E-state index in [9.17, 15) is 19.2 Å². The molecular weight excluding hydrogens is 468 g/mol. The minimum atomic E-state index is -0.853. The van der Waals surface area contributed by atoms with Gasteiger partial charge in [-0.25, -0.2) is 4.79 Å². The van der Waals surface area contributed by atoms with Crippen LogP contribution in [0.2, 0.25) is 0 Å². The second kappa shape index (κ2) is 11.4. The van der Waals surface area contributed by atoms with Gasteiger partial charge in [0, 0.05) is 12.1 Å². The lowest BCUT2D eigenvalue weighted by Crippen LogP contribution is -2.42. The van der Waals surface area contributed by atoms with Crippen LogP contribution < -0.4 is 15.5 Å². The number of benzene rings is 2. The van der Waals surface area contributed by atoms with Gasteiger partial charge >= 0.3 is 6.09 Å². The summed E-state index contributed by atoms with van der Waals surface area (Å²) in [7, 11) is 0. The normalized spacial score (nSPS) is 14.0. The average molecular weight is 495 g/mol. The van der Waals surface area contributed by atoms with Gasteiger partial charge in [-0.05, 0) is 68.9 Å². The first-order valence-electron chi connectivity index (χ1n) is 11.0. The summed E-state index contributed by atoms with van der Waals surface area (Å²) in [5.74, 6) is -1.28. The minimum absolute atomic E-state index is 0.134. The Hall–Kier alpha value is -4.05. The monoisotopic (exact) mass is 494 g/mol. The Morgan fingerprint density at radius 3 is 2.34 bits per heavy atom. The summed E-state index contributed by atoms with van der Waals surface area (Å²) >= 11 is 5.34. The van der Waals surface area contributed by atoms with E-state index in [2.05, 4.69) is 15.4 Å². The lowest BCUT2D eigenvalue weighted by atomic mass is 10.1. The standard InChI is InChI=1S/C25H26N4O5S/c1-4-28(15-21(30)27-25(33)34-5-2)22(31)18-10-8-17(9-11-18)14-20-23(32)29(24(35)26-20)19-12-6-16(3)7-13-19/h6-14H,4-5,15H2,1-3H3,(H,26,35)(H,27,30,33)/b20-14-. The molecular formula is C25H26N4O5S. The van der Waals surface area contributed by atoms with Crippen molar-refractivity contribution in [3.05, 3.63) is 70.9 Å². The number of imide groups is 1. The minimum Gasteiger partial charge on any atom is -0.450 e. The molecule has 9 nitrogen and oxygen atoms in total. The van der Waals surface area contributed by atoms with Crippen LogP contribution in [0.5, 0.6) is 0 Å². The second-order valence-electron chi connectivity index (χ2n) is 7.67. The highest BCUT2D eigenvalue weighted by Gasteiger charge is 2.31. The van der Waals surface area contributed by atoms with Gasteiger partial charge in [0.1, 0.15) is 12.2 Å². The van der Waals surface area contributed by atoms with Crippen molar-refractivity contribution in [1.82, 2.24) is 15.5 Å². The smallest absolute Gasteiger partial charge is 0.413 e. The van der Waals surface area contributed by atoms with Crippen LogP contribution >= 0.6 is 12.2 Å². The van der Waals surface area contributed by atoms with E-state index in [0.29, 0.717) is 22.5 Å². The molecule has 0 aromatic heterocycles. The van der Waals surface area contributed by atoms with Crippen molar-refractivity contribution >= 4 is 52.9 Å². The van der Waals surface area contributed by atoms with E-state index >= 15 is 0 Å². The van der Waals surface area contributed by atoms with Gasteiger partial charge in [-0.3, -0.25) is 24.6 Å². The molecule has 2 aromatic rings. The Labute approximate surface area is 208 Å². The number of ether oxygens (including phenoxy) is 1. The predicted molar refractivity (Wildman–Crippen MR) is 136 cm³/mol. The van der Waals surface area contributed by atoms with Crippen LogP contribution in [0, 0.1) is 6.92 Å². The van der Waals surface area contributed by atoms with Crippen LogP contribution in [0.25, 0.3) is 6.08 Å². The Balaban J connectivity index is 1.69. The van der Waals surface area contributed by atoms with Crippen molar-refractivity contribution in [1.29, 1.82) is 0 Å². The second-order valence-corrected chi connectivity index (χ2v) is 8.06. The molecule has 4 amide bonds. The van der Waals surface area contributed by atoms with Crippen molar-refractivity contribution in [2.24, 2.45) is 0 Å². The zero-order valence-corrected chi connectivity index (χ0v) is 20.5. The highest BCUT2D eigenvalue weighted by Crippen LogP contribution is 2.23. The summed E-state index contributed by atoms with van der Waals surface area (Å²) in [5.41, 5.74) is 3.12. The van der Waals surface area contributed by atoms with E-state index in [4.69, 9.17) is 12.2 Å². The number of hydrogen-bond acceptors (Lipinski definition) is 6. The first kappa shape index (κ1) is 25.6. The summed E-state index contributed by atoms with van der Waals surface area (Å²) in [4.78, 5) is 51.9. The maximum Gasteiger partial charge on any atom is 0.413 e. The molecule has 0 atom stereocenters. The predicted octanol–water partition coefficient (Wildman–Crippen LogP) is 2.99. The van der Waals surface area contributed by atoms with E-state index in [0.717, 1.165) is 5.56 Å². The van der Waals surface area contributed by atoms with Crippen LogP contribution in [0.1, 0.15) is 35.3 Å². The Kier molecular flexibility index (Phi) is 8.32. The van der Waals surface area contributed by atoms with Gasteiger partial charge in [0.25, 0.3) is 11.8 Å². The number of carbonyl (C=O) groups is 4. The topological polar surface area (TPSA) is 108 Å². The number of anilines is 1. The van der Waals surface area contributed by atoms with Crippen LogP contribution in [-0.2, 0) is 14.3 Å². The number of nitrogens with zero attached hydrogens (tertiary/aromatic N) is 2. The summed E-state index contributed by atoms with van der Waals surface area (Å²) in [6.45, 7) is 5.43. The number of aryl methyl sites for hydroxylation is 1. The maximum absolute atomic E-state index is 12.9. The number of rotatable bonds is 7. The quantitative estimate of drug-likeness (QED) is 0.450. The summed E-state index contributed by atoms with van der Waals surface area (Å²) < 4.78 is 4.67. The van der Waals surface area contributed by atoms with E-state index in [1.165, 1.54) is 9.80 Å². The van der Waals surface area contributed by atoms with Crippen molar-refractivity contribution < 1.29 is 23.9 Å². The average Bonchev–Trinajstić information content (AvgIpc) is 3.10. The largest absolute Gasteiger partial charge is 0.450 e. The molecule has 35 heavy (non-hydrogen) atoms. The molecule has 1 fully saturated rings. The number of amides is 4. The van der Waals surface area contributed by atoms with Gasteiger partial charge in [-0.2, -0.15) is 0 Å².